The van der Waals surface area contributed by atoms with Crippen LogP contribution in [0, 0.1) is 12.3 Å². The molecule has 0 saturated heterocycles. The molecule has 0 saturated carbocycles. The zero-order chi connectivity index (χ0) is 27.8. The minimum absolute atomic E-state index is 0.101. The Kier molecular flexibility index (Phi) is 6.19. The molecule has 6 aromatic rings. The number of benzene rings is 3. The molecule has 0 bridgehead atoms. The van der Waals surface area contributed by atoms with Crippen molar-refractivity contribution in [2.24, 2.45) is 0 Å². The summed E-state index contributed by atoms with van der Waals surface area (Å²) in [5.41, 5.74) is 10.8. The van der Waals surface area contributed by atoms with E-state index in [1.807, 2.05) is 61.5 Å². The molecular formula is C30H26N8O2. The van der Waals surface area contributed by atoms with E-state index < -0.39 is 0 Å². The number of fused-ring (bicyclic) bond motifs is 2. The van der Waals surface area contributed by atoms with E-state index in [0.29, 0.717) is 39.4 Å². The molecule has 0 fully saturated rings. The van der Waals surface area contributed by atoms with Crippen molar-refractivity contribution >= 4 is 45.2 Å². The van der Waals surface area contributed by atoms with Gasteiger partial charge in [-0.05, 0) is 54.3 Å². The number of nitrogens with one attached hydrogen (secondary N) is 3. The van der Waals surface area contributed by atoms with Gasteiger partial charge in [-0.2, -0.15) is 4.98 Å². The molecule has 10 heteroatoms. The molecule has 6 rings (SSSR count). The lowest BCUT2D eigenvalue weighted by atomic mass is 10.0. The van der Waals surface area contributed by atoms with E-state index in [1.54, 1.807) is 29.8 Å². The summed E-state index contributed by atoms with van der Waals surface area (Å²) >= 11 is 0. The Balaban J connectivity index is 1.40. The van der Waals surface area contributed by atoms with Crippen molar-refractivity contribution < 1.29 is 4.42 Å². The van der Waals surface area contributed by atoms with E-state index in [-0.39, 0.29) is 23.6 Å². The van der Waals surface area contributed by atoms with Crippen LogP contribution in [0.2, 0.25) is 0 Å². The number of anilines is 3. The molecule has 0 spiro atoms. The fourth-order valence-corrected chi connectivity index (χ4v) is 4.87. The minimum Gasteiger partial charge on any atom is -0.424 e. The molecule has 3 aromatic carbocycles. The number of hydrogen-bond donors (Lipinski definition) is 4. The van der Waals surface area contributed by atoms with Crippen molar-refractivity contribution in [1.82, 2.24) is 19.5 Å². The van der Waals surface area contributed by atoms with Gasteiger partial charge in [0.25, 0.3) is 11.6 Å². The number of rotatable bonds is 7. The highest BCUT2D eigenvalue weighted by Crippen LogP contribution is 2.26. The maximum atomic E-state index is 13.8. The molecule has 0 atom stereocenters. The van der Waals surface area contributed by atoms with Crippen LogP contribution in [0.5, 0.6) is 0 Å². The van der Waals surface area contributed by atoms with E-state index in [4.69, 9.17) is 15.6 Å². The molecule has 0 amide bonds. The number of nitrogens with two attached hydrogens (primary N) is 1. The van der Waals surface area contributed by atoms with Gasteiger partial charge in [0, 0.05) is 24.0 Å². The van der Waals surface area contributed by atoms with Crippen LogP contribution in [-0.2, 0) is 6.54 Å². The molecule has 3 heterocycles. The molecule has 3 aromatic heterocycles. The number of para-hydroxylation sites is 1. The second kappa shape index (κ2) is 9.99. The van der Waals surface area contributed by atoms with Crippen molar-refractivity contribution in [3.63, 3.8) is 0 Å². The van der Waals surface area contributed by atoms with Gasteiger partial charge < -0.3 is 20.8 Å². The van der Waals surface area contributed by atoms with E-state index in [2.05, 4.69) is 25.6 Å². The topological polar surface area (TPSA) is 148 Å². The SMILES string of the molecule is CNc1nc2cc(C(=N)c3c(N)ncnc3NCc3cc4cccc(C)c4c(=O)n3-c3ccccc3)ccc2o1. The predicted molar refractivity (Wildman–Crippen MR) is 158 cm³/mol. The highest BCUT2D eigenvalue weighted by molar-refractivity contribution is 6.17. The number of aryl methyl sites for hydroxylation is 1. The van der Waals surface area contributed by atoms with Crippen molar-refractivity contribution in [1.29, 1.82) is 5.41 Å². The smallest absolute Gasteiger partial charge is 0.295 e. The van der Waals surface area contributed by atoms with Crippen molar-refractivity contribution in [3.8, 4) is 5.69 Å². The number of nitrogens with zero attached hydrogens (tertiary/aromatic N) is 4. The Labute approximate surface area is 229 Å². The summed E-state index contributed by atoms with van der Waals surface area (Å²) in [6.45, 7) is 2.19. The molecule has 0 radical (unpaired) electrons. The Bertz CT molecular complexity index is 1960. The zero-order valence-corrected chi connectivity index (χ0v) is 21.9. The van der Waals surface area contributed by atoms with Gasteiger partial charge in [0.15, 0.2) is 5.58 Å². The maximum Gasteiger partial charge on any atom is 0.295 e. The molecule has 0 unspecified atom stereocenters. The molecule has 0 aliphatic rings. The Hall–Kier alpha value is -5.51. The van der Waals surface area contributed by atoms with Crippen LogP contribution in [0.3, 0.4) is 0 Å². The van der Waals surface area contributed by atoms with Crippen LogP contribution < -0.4 is 21.9 Å². The summed E-state index contributed by atoms with van der Waals surface area (Å²) in [6.07, 6.45) is 1.35. The van der Waals surface area contributed by atoms with Gasteiger partial charge in [-0.1, -0.05) is 36.4 Å². The van der Waals surface area contributed by atoms with Crippen molar-refractivity contribution in [3.05, 3.63) is 112 Å². The van der Waals surface area contributed by atoms with Crippen LogP contribution in [0.25, 0.3) is 27.6 Å². The number of aromatic nitrogens is 4. The number of nitrogen functional groups attached to an aromatic ring is 1. The first kappa shape index (κ1) is 24.8. The van der Waals surface area contributed by atoms with Crippen LogP contribution in [0.1, 0.15) is 22.4 Å². The third-order valence-electron chi connectivity index (χ3n) is 6.80. The fourth-order valence-electron chi connectivity index (χ4n) is 4.87. The van der Waals surface area contributed by atoms with Gasteiger partial charge in [0.1, 0.15) is 23.5 Å². The highest BCUT2D eigenvalue weighted by Gasteiger charge is 2.19. The minimum atomic E-state index is -0.101. The predicted octanol–water partition coefficient (Wildman–Crippen LogP) is 4.88. The molecule has 198 valence electrons. The molecule has 0 aliphatic carbocycles. The summed E-state index contributed by atoms with van der Waals surface area (Å²) in [5, 5.41) is 16.7. The van der Waals surface area contributed by atoms with Crippen LogP contribution in [0.4, 0.5) is 17.7 Å². The Morgan fingerprint density at radius 3 is 2.67 bits per heavy atom. The third-order valence-corrected chi connectivity index (χ3v) is 6.80. The second-order valence-electron chi connectivity index (χ2n) is 9.31. The monoisotopic (exact) mass is 530 g/mol. The zero-order valence-electron chi connectivity index (χ0n) is 21.9. The largest absolute Gasteiger partial charge is 0.424 e. The summed E-state index contributed by atoms with van der Waals surface area (Å²) in [6, 6.07) is 23.0. The van der Waals surface area contributed by atoms with Crippen molar-refractivity contribution in [2.75, 3.05) is 23.4 Å². The second-order valence-corrected chi connectivity index (χ2v) is 9.31. The molecule has 40 heavy (non-hydrogen) atoms. The molecular weight excluding hydrogens is 504 g/mol. The van der Waals surface area contributed by atoms with Gasteiger partial charge in [-0.25, -0.2) is 9.97 Å². The number of hydrogen-bond acceptors (Lipinski definition) is 9. The van der Waals surface area contributed by atoms with Gasteiger partial charge in [-0.3, -0.25) is 14.8 Å². The first-order valence-electron chi connectivity index (χ1n) is 12.7. The van der Waals surface area contributed by atoms with Crippen molar-refractivity contribution in [2.45, 2.75) is 13.5 Å². The van der Waals surface area contributed by atoms with Gasteiger partial charge in [-0.15, -0.1) is 0 Å². The fraction of sp³-hybridized carbons (Fsp3) is 0.100. The average molecular weight is 531 g/mol. The summed E-state index contributed by atoms with van der Waals surface area (Å²) in [7, 11) is 1.72. The highest BCUT2D eigenvalue weighted by atomic mass is 16.4. The van der Waals surface area contributed by atoms with E-state index in [0.717, 1.165) is 22.3 Å². The molecule has 0 aliphatic heterocycles. The molecule has 10 nitrogen and oxygen atoms in total. The average Bonchev–Trinajstić information content (AvgIpc) is 3.39. The number of oxazole rings is 1. The third kappa shape index (κ3) is 4.31. The van der Waals surface area contributed by atoms with Crippen LogP contribution >= 0.6 is 0 Å². The van der Waals surface area contributed by atoms with Gasteiger partial charge in [0.05, 0.1) is 23.2 Å². The first-order valence-corrected chi connectivity index (χ1v) is 12.7. The first-order chi connectivity index (χ1) is 19.4. The van der Waals surface area contributed by atoms with E-state index >= 15 is 0 Å². The summed E-state index contributed by atoms with van der Waals surface area (Å²) in [5.74, 6) is 0.540. The lowest BCUT2D eigenvalue weighted by molar-refractivity contribution is 0.620. The lowest BCUT2D eigenvalue weighted by Crippen LogP contribution is -2.24. The Morgan fingerprint density at radius 1 is 1.05 bits per heavy atom. The summed E-state index contributed by atoms with van der Waals surface area (Å²) < 4.78 is 7.31. The normalized spacial score (nSPS) is 11.2. The summed E-state index contributed by atoms with van der Waals surface area (Å²) in [4.78, 5) is 26.7. The standard InChI is InChI=1S/C30H26N8O2/c1-17-7-6-8-18-13-21(38(29(39)24(17)18)20-9-4-3-5-10-20)15-34-28-25(27(32)35-16-36-28)26(31)19-11-12-23-22(14-19)37-30(33-2)40-23/h3-14,16,31H,15H2,1-2H3,(H,33,37)(H3,32,34,35,36). The number of pyridine rings is 1. The maximum absolute atomic E-state index is 13.8. The van der Waals surface area contributed by atoms with Crippen LogP contribution in [-0.4, -0.2) is 32.3 Å². The van der Waals surface area contributed by atoms with Gasteiger partial charge in [0.2, 0.25) is 0 Å². The van der Waals surface area contributed by atoms with Gasteiger partial charge >= 0.3 is 0 Å². The van der Waals surface area contributed by atoms with Crippen LogP contribution in [0.15, 0.2) is 88.3 Å². The Morgan fingerprint density at radius 2 is 1.88 bits per heavy atom. The molecule has 5 N–H and O–H groups in total. The van der Waals surface area contributed by atoms with E-state index in [9.17, 15) is 4.79 Å². The lowest BCUT2D eigenvalue weighted by Gasteiger charge is -2.18. The quantitative estimate of drug-likeness (QED) is 0.213. The van der Waals surface area contributed by atoms with E-state index in [1.165, 1.54) is 6.33 Å².